The van der Waals surface area contributed by atoms with E-state index < -0.39 is 24.2 Å². The minimum absolute atomic E-state index is 0.155. The molecular formula is C51H68FN9O8S. The first kappa shape index (κ1) is 54.7. The Morgan fingerprint density at radius 2 is 1.63 bits per heavy atom. The average molecular weight is 986 g/mol. The van der Waals surface area contributed by atoms with E-state index in [0.29, 0.717) is 54.3 Å². The molecule has 2 amide bonds. The van der Waals surface area contributed by atoms with Gasteiger partial charge in [0.05, 0.1) is 77.8 Å². The standard InChI is InChI=1S/C44H49FN8O5S.C3H8.C2H4O2.CH5N.CH2O/c1-24(2)39(50-44(55)57-5)42(54)52-16-7-9-34(52)41-47-23-31(49-41)26-19-29(45)38-35-20-27-18-25(30-22-46-40(48-30)33-8-6-15-51(33)3)10-12-32(27)53(35)43(58-36(38)21-26)37-13-11-28(59-37)14-17-56-4;1-3-2;3-1-2-4;2*1-2/h10-13,18-24,33-34,39,43H,6-9,14-17H2,1-5H3,(H,46,48)(H,47,49)(H,50,55);3H2,1-2H3;1,4H,2H2;2H2,1H3;1H2/t33?,34-,39?,43?;;;;/m0..../s1. The average Bonchev–Trinajstić information content (AvgIpc) is 4.25. The molecule has 0 radical (unpaired) electrons. The van der Waals surface area contributed by atoms with E-state index in [-0.39, 0.29) is 30.5 Å². The number of nitrogens with two attached hydrogens (primary N) is 1. The van der Waals surface area contributed by atoms with Gasteiger partial charge in [0.2, 0.25) is 12.1 Å². The maximum Gasteiger partial charge on any atom is 0.407 e. The molecular weight excluding hydrogens is 918 g/mol. The van der Waals surface area contributed by atoms with E-state index in [2.05, 4.69) is 87.8 Å². The van der Waals surface area contributed by atoms with E-state index in [1.807, 2.05) is 32.9 Å². The van der Waals surface area contributed by atoms with Crippen LogP contribution in [-0.2, 0) is 30.3 Å². The summed E-state index contributed by atoms with van der Waals surface area (Å²) < 4.78 is 35.8. The third-order valence-corrected chi connectivity index (χ3v) is 13.2. The summed E-state index contributed by atoms with van der Waals surface area (Å²) in [4.78, 5) is 65.4. The highest BCUT2D eigenvalue weighted by molar-refractivity contribution is 7.12. The number of aromatic amines is 2. The Morgan fingerprint density at radius 1 is 0.986 bits per heavy atom. The highest BCUT2D eigenvalue weighted by Gasteiger charge is 2.38. The van der Waals surface area contributed by atoms with Crippen molar-refractivity contribution in [1.82, 2.24) is 39.6 Å². The molecule has 9 rings (SSSR count). The molecule has 0 saturated carbocycles. The highest BCUT2D eigenvalue weighted by Crippen LogP contribution is 2.48. The van der Waals surface area contributed by atoms with Gasteiger partial charge in [0.25, 0.3) is 0 Å². The lowest BCUT2D eigenvalue weighted by Gasteiger charge is -2.30. The number of likely N-dealkylation sites (tertiary alicyclic amines) is 2. The third kappa shape index (κ3) is 12.2. The lowest BCUT2D eigenvalue weighted by molar-refractivity contribution is -0.135. The fourth-order valence-electron chi connectivity index (χ4n) is 8.90. The highest BCUT2D eigenvalue weighted by atomic mass is 32.1. The van der Waals surface area contributed by atoms with Crippen molar-refractivity contribution in [2.45, 2.75) is 90.6 Å². The molecule has 7 heterocycles. The van der Waals surface area contributed by atoms with Gasteiger partial charge in [-0.2, -0.15) is 0 Å². The van der Waals surface area contributed by atoms with Crippen LogP contribution >= 0.6 is 11.3 Å². The van der Waals surface area contributed by atoms with Crippen LogP contribution in [0.1, 0.15) is 99.5 Å². The number of fused-ring (bicyclic) bond motifs is 5. The predicted molar refractivity (Wildman–Crippen MR) is 270 cm³/mol. The number of imidazole rings is 2. The number of nitrogens with zero attached hydrogens (tertiary/aromatic N) is 5. The van der Waals surface area contributed by atoms with Crippen molar-refractivity contribution in [3.63, 3.8) is 0 Å². The Labute approximate surface area is 412 Å². The molecule has 0 spiro atoms. The van der Waals surface area contributed by atoms with Crippen molar-refractivity contribution in [3.05, 3.63) is 88.1 Å². The minimum Gasteiger partial charge on any atom is -0.464 e. The van der Waals surface area contributed by atoms with Crippen molar-refractivity contribution < 1.29 is 42.9 Å². The molecule has 2 fully saturated rings. The van der Waals surface area contributed by atoms with Gasteiger partial charge in [-0.05, 0) is 94.7 Å². The summed E-state index contributed by atoms with van der Waals surface area (Å²) >= 11 is 1.66. The lowest BCUT2D eigenvalue weighted by Crippen LogP contribution is -2.51. The predicted octanol–water partition coefficient (Wildman–Crippen LogP) is 8.21. The zero-order chi connectivity index (χ0) is 51.1. The van der Waals surface area contributed by atoms with Crippen LogP contribution < -0.4 is 15.8 Å². The largest absolute Gasteiger partial charge is 0.464 e. The summed E-state index contributed by atoms with van der Waals surface area (Å²) in [5, 5.41) is 11.2. The zero-order valence-corrected chi connectivity index (χ0v) is 42.2. The zero-order valence-electron chi connectivity index (χ0n) is 41.4. The molecule has 70 heavy (non-hydrogen) atoms. The number of thiophene rings is 1. The summed E-state index contributed by atoms with van der Waals surface area (Å²) in [5.74, 6) is 1.23. The minimum atomic E-state index is -0.749. The van der Waals surface area contributed by atoms with Gasteiger partial charge < -0.3 is 54.8 Å². The number of hydrogen-bond donors (Lipinski definition) is 5. The van der Waals surface area contributed by atoms with Crippen molar-refractivity contribution in [2.24, 2.45) is 11.7 Å². The van der Waals surface area contributed by atoms with Crippen LogP contribution in [0.4, 0.5) is 9.18 Å². The number of ether oxygens (including phenoxy) is 3. The second kappa shape index (κ2) is 26.1. The van der Waals surface area contributed by atoms with E-state index in [4.69, 9.17) is 38.9 Å². The van der Waals surface area contributed by atoms with Gasteiger partial charge in [0.15, 0.2) is 0 Å². The quantitative estimate of drug-likeness (QED) is 0.0732. The van der Waals surface area contributed by atoms with Crippen molar-refractivity contribution in [1.29, 1.82) is 0 Å². The summed E-state index contributed by atoms with van der Waals surface area (Å²) in [6.45, 7) is 11.9. The van der Waals surface area contributed by atoms with Crippen LogP contribution in [0.2, 0.25) is 0 Å². The first-order chi connectivity index (χ1) is 33.9. The second-order valence-electron chi connectivity index (χ2n) is 17.1. The van der Waals surface area contributed by atoms with E-state index >= 15 is 4.39 Å². The summed E-state index contributed by atoms with van der Waals surface area (Å²) in [5.41, 5.74) is 9.66. The number of carbonyl (C=O) groups excluding carboxylic acids is 4. The van der Waals surface area contributed by atoms with E-state index in [0.717, 1.165) is 70.8 Å². The number of methoxy groups -OCH3 is 2. The van der Waals surface area contributed by atoms with Gasteiger partial charge >= 0.3 is 6.09 Å². The van der Waals surface area contributed by atoms with Crippen LogP contribution in [-0.4, -0.2) is 125 Å². The number of aliphatic hydroxyl groups is 1. The molecule has 6 aromatic rings. The molecule has 4 atom stereocenters. The number of alkyl carbamates (subject to hydrolysis) is 1. The smallest absolute Gasteiger partial charge is 0.407 e. The van der Waals surface area contributed by atoms with Gasteiger partial charge in [-0.1, -0.05) is 40.2 Å². The number of aliphatic hydroxyl groups excluding tert-OH is 1. The molecule has 0 aliphatic carbocycles. The van der Waals surface area contributed by atoms with Crippen LogP contribution in [0.3, 0.4) is 0 Å². The number of rotatable bonds is 12. The van der Waals surface area contributed by atoms with Crippen LogP contribution in [0, 0.1) is 11.7 Å². The van der Waals surface area contributed by atoms with Gasteiger partial charge in [-0.3, -0.25) is 14.3 Å². The number of aldehydes is 1. The fourth-order valence-corrected chi connectivity index (χ4v) is 9.92. The van der Waals surface area contributed by atoms with Crippen LogP contribution in [0.5, 0.6) is 5.75 Å². The molecule has 19 heteroatoms. The number of hydrogen-bond acceptors (Lipinski definition) is 13. The molecule has 4 aromatic heterocycles. The van der Waals surface area contributed by atoms with Gasteiger partial charge in [0.1, 0.15) is 42.3 Å². The van der Waals surface area contributed by atoms with Crippen LogP contribution in [0.15, 0.2) is 60.9 Å². The summed E-state index contributed by atoms with van der Waals surface area (Å²) in [6, 6.07) is 15.1. The topological polar surface area (TPSA) is 223 Å². The number of amides is 2. The Balaban J connectivity index is 0.000000764. The monoisotopic (exact) mass is 985 g/mol. The maximum atomic E-state index is 16.7. The number of carbonyl (C=O) groups is 4. The van der Waals surface area contributed by atoms with E-state index in [9.17, 15) is 9.59 Å². The molecule has 17 nitrogen and oxygen atoms in total. The van der Waals surface area contributed by atoms with Gasteiger partial charge in [-0.25, -0.2) is 19.2 Å². The molecule has 3 aliphatic heterocycles. The van der Waals surface area contributed by atoms with E-state index in [1.165, 1.54) is 31.5 Å². The van der Waals surface area contributed by atoms with E-state index in [1.54, 1.807) is 29.5 Å². The number of H-pyrrole nitrogens is 2. The number of halogens is 1. The normalized spacial score (nSPS) is 17.3. The van der Waals surface area contributed by atoms with Gasteiger partial charge in [-0.15, -0.1) is 11.3 Å². The molecule has 0 bridgehead atoms. The Kier molecular flexibility index (Phi) is 20.4. The molecule has 378 valence electrons. The molecule has 3 aliphatic rings. The van der Waals surface area contributed by atoms with Crippen molar-refractivity contribution in [2.75, 3.05) is 54.6 Å². The Morgan fingerprint density at radius 3 is 2.24 bits per heavy atom. The molecule has 2 aromatic carbocycles. The van der Waals surface area contributed by atoms with Gasteiger partial charge in [0, 0.05) is 41.5 Å². The number of benzene rings is 2. The number of nitrogens with one attached hydrogen (secondary N) is 3. The Hall–Kier alpha value is -6.25. The maximum absolute atomic E-state index is 16.7. The third-order valence-electron chi connectivity index (χ3n) is 12.1. The molecule has 3 unspecified atom stereocenters. The lowest BCUT2D eigenvalue weighted by atomic mass is 10.0. The van der Waals surface area contributed by atoms with Crippen LogP contribution in [0.25, 0.3) is 44.7 Å². The first-order valence-electron chi connectivity index (χ1n) is 23.5. The van der Waals surface area contributed by atoms with Crippen molar-refractivity contribution >= 4 is 47.3 Å². The number of aromatic nitrogens is 5. The Bertz CT molecular complexity index is 2640. The molecule has 6 N–H and O–H groups in total. The summed E-state index contributed by atoms with van der Waals surface area (Å²) in [6.07, 6.45) is 8.56. The SMILES string of the molecule is C=O.CCC.CN.COCCc1ccc(C2Oc3cc(-c4cnc([C@@H]5CCCN5C(=O)C(NC(=O)OC)C(C)C)[nH]4)cc(F)c3-c3cc4cc(-c5cnc(C6CCCN6C)[nH]5)ccc4n32)s1.O=CCO. The second-order valence-corrected chi connectivity index (χ2v) is 18.3. The first-order valence-corrected chi connectivity index (χ1v) is 24.4. The fraction of sp³-hybridized carbons (Fsp3) is 0.451. The molecule has 2 saturated heterocycles. The van der Waals surface area contributed by atoms with Crippen molar-refractivity contribution in [3.8, 4) is 39.5 Å². The summed E-state index contributed by atoms with van der Waals surface area (Å²) in [7, 11) is 6.62.